The first-order chi connectivity index (χ1) is 20.2. The van der Waals surface area contributed by atoms with E-state index in [1.165, 1.54) is 64.2 Å². The van der Waals surface area contributed by atoms with Gasteiger partial charge in [0.05, 0.1) is 32.1 Å². The van der Waals surface area contributed by atoms with Gasteiger partial charge in [0.2, 0.25) is 0 Å². The molecule has 0 amide bonds. The number of aliphatic carboxylic acids is 3. The van der Waals surface area contributed by atoms with Crippen LogP contribution in [0.2, 0.25) is 0 Å². The fraction of sp³-hybridized carbons (Fsp3) is 0.857. The lowest BCUT2D eigenvalue weighted by molar-refractivity contribution is -0.935. The lowest BCUT2D eigenvalue weighted by Crippen LogP contribution is -2.59. The minimum Gasteiger partial charge on any atom is -0.550 e. The molecule has 0 radical (unpaired) electrons. The lowest BCUT2D eigenvalue weighted by Gasteiger charge is -2.44. The Morgan fingerprint density at radius 2 is 0.929 bits per heavy atom. The summed E-state index contributed by atoms with van der Waals surface area (Å²) >= 11 is 0. The van der Waals surface area contributed by atoms with E-state index < -0.39 is 35.7 Å². The smallest absolute Gasteiger partial charge is 0.312 e. The largest absolute Gasteiger partial charge is 0.550 e. The minimum absolute atomic E-state index is 0.212. The Bertz CT molecular complexity index is 677. The van der Waals surface area contributed by atoms with Crippen molar-refractivity contribution in [3.8, 4) is 0 Å². The number of allylic oxidation sites excluding steroid dienone is 2. The molecule has 2 N–H and O–H groups in total. The van der Waals surface area contributed by atoms with Crippen LogP contribution in [-0.4, -0.2) is 58.8 Å². The predicted octanol–water partition coefficient (Wildman–Crippen LogP) is 7.62. The summed E-state index contributed by atoms with van der Waals surface area (Å²) in [6.45, 7) is 9.02. The van der Waals surface area contributed by atoms with Gasteiger partial charge in [-0.25, -0.2) is 0 Å². The quantitative estimate of drug-likeness (QED) is 0.0501. The van der Waals surface area contributed by atoms with Crippen molar-refractivity contribution in [1.29, 1.82) is 0 Å². The molecule has 3 unspecified atom stereocenters. The van der Waals surface area contributed by atoms with E-state index in [0.717, 1.165) is 38.5 Å². The van der Waals surface area contributed by atoms with Gasteiger partial charge >= 0.3 is 11.9 Å². The van der Waals surface area contributed by atoms with Crippen LogP contribution in [0.1, 0.15) is 150 Å². The molecule has 0 aromatic carbocycles. The summed E-state index contributed by atoms with van der Waals surface area (Å²) in [5.74, 6) is -4.97. The predicted molar refractivity (Wildman–Crippen MR) is 170 cm³/mol. The maximum atomic E-state index is 12.0. The van der Waals surface area contributed by atoms with Crippen LogP contribution in [0.15, 0.2) is 12.2 Å². The molecule has 7 heteroatoms. The minimum atomic E-state index is -1.14. The highest BCUT2D eigenvalue weighted by Gasteiger charge is 2.39. The summed E-state index contributed by atoms with van der Waals surface area (Å²) < 4.78 is 0.212. The van der Waals surface area contributed by atoms with Crippen LogP contribution in [0.3, 0.4) is 0 Å². The Balaban J connectivity index is 4.75. The van der Waals surface area contributed by atoms with Crippen molar-refractivity contribution in [2.24, 2.45) is 17.8 Å². The molecule has 0 bridgehead atoms. The molecular weight excluding hydrogens is 530 g/mol. The van der Waals surface area contributed by atoms with Crippen molar-refractivity contribution in [2.75, 3.05) is 26.2 Å². The number of unbranched alkanes of at least 4 members (excludes halogenated alkanes) is 14. The molecule has 3 atom stereocenters. The van der Waals surface area contributed by atoms with Crippen LogP contribution in [0.5, 0.6) is 0 Å². The normalized spacial score (nSPS) is 15.3. The number of hydrogen-bond acceptors (Lipinski definition) is 4. The molecule has 0 saturated heterocycles. The van der Waals surface area contributed by atoms with Gasteiger partial charge in [-0.05, 0) is 57.8 Å². The zero-order chi connectivity index (χ0) is 31.6. The first kappa shape index (κ1) is 40.1. The van der Waals surface area contributed by atoms with Crippen LogP contribution >= 0.6 is 0 Å². The van der Waals surface area contributed by atoms with E-state index in [-0.39, 0.29) is 24.1 Å². The molecule has 0 fully saturated rings. The van der Waals surface area contributed by atoms with Gasteiger partial charge in [-0.3, -0.25) is 9.59 Å². The summed E-state index contributed by atoms with van der Waals surface area (Å²) in [4.78, 5) is 35.8. The molecule has 42 heavy (non-hydrogen) atoms. The van der Waals surface area contributed by atoms with Gasteiger partial charge in [0.1, 0.15) is 11.8 Å². The van der Waals surface area contributed by atoms with Gasteiger partial charge in [0.15, 0.2) is 0 Å². The van der Waals surface area contributed by atoms with Gasteiger partial charge in [-0.2, -0.15) is 0 Å². The third kappa shape index (κ3) is 19.3. The third-order valence-corrected chi connectivity index (χ3v) is 8.98. The molecule has 0 rings (SSSR count). The second-order valence-electron chi connectivity index (χ2n) is 12.6. The molecule has 0 aliphatic rings. The summed E-state index contributed by atoms with van der Waals surface area (Å²) in [5, 5.41) is 31.5. The van der Waals surface area contributed by atoms with Gasteiger partial charge in [0, 0.05) is 5.92 Å². The topological polar surface area (TPSA) is 115 Å². The second-order valence-corrected chi connectivity index (χ2v) is 12.6. The Hall–Kier alpha value is -1.89. The number of rotatable bonds is 30. The van der Waals surface area contributed by atoms with Gasteiger partial charge in [0.25, 0.3) is 0 Å². The number of carboxylic acids is 3. The molecule has 0 heterocycles. The number of carbonyl (C=O) groups excluding carboxylic acids is 1. The van der Waals surface area contributed by atoms with Gasteiger partial charge in [-0.15, -0.1) is 0 Å². The Morgan fingerprint density at radius 1 is 0.571 bits per heavy atom. The molecule has 0 aliphatic carbocycles. The molecule has 0 spiro atoms. The van der Waals surface area contributed by atoms with Crippen LogP contribution in [0.25, 0.3) is 0 Å². The van der Waals surface area contributed by atoms with Crippen molar-refractivity contribution in [3.63, 3.8) is 0 Å². The first-order valence-corrected chi connectivity index (χ1v) is 17.3. The van der Waals surface area contributed by atoms with Crippen LogP contribution < -0.4 is 5.11 Å². The molecule has 0 aromatic rings. The van der Waals surface area contributed by atoms with E-state index in [1.54, 1.807) is 6.92 Å². The van der Waals surface area contributed by atoms with E-state index in [4.69, 9.17) is 0 Å². The maximum Gasteiger partial charge on any atom is 0.312 e. The van der Waals surface area contributed by atoms with Gasteiger partial charge < -0.3 is 24.6 Å². The van der Waals surface area contributed by atoms with E-state index >= 15 is 0 Å². The zero-order valence-corrected chi connectivity index (χ0v) is 27.6. The standard InChI is InChI=1S/C35H65NO6/c1-5-9-10-11-12-13-14-15-16-17-18-19-20-21-22-23-24-25-26-36(27-30(6-2)33(37)38,28-31(7-3)34(39)40)29-32(8-4)35(41)42/h18-19,30-32H,5-17,20-29H2,1-4H3,(H2-,37,38,39,40,41,42)/b19-18+. The van der Waals surface area contributed by atoms with Crippen molar-refractivity contribution >= 4 is 17.9 Å². The SMILES string of the molecule is CCCCCCCCCCC/C=C/CCCCCCC[N+](CC(CC)C(=O)[O-])(CC(CC)C(=O)O)CC(CC)C(=O)O. The average molecular weight is 596 g/mol. The molecule has 0 aromatic heterocycles. The Kier molecular flexibility index (Phi) is 24.4. The van der Waals surface area contributed by atoms with E-state index in [2.05, 4.69) is 19.1 Å². The number of quaternary nitrogens is 1. The first-order valence-electron chi connectivity index (χ1n) is 17.3. The van der Waals surface area contributed by atoms with Crippen molar-refractivity contribution in [1.82, 2.24) is 0 Å². The van der Waals surface area contributed by atoms with Crippen LogP contribution in [0, 0.1) is 17.8 Å². The summed E-state index contributed by atoms with van der Waals surface area (Å²) in [6, 6.07) is 0. The van der Waals surface area contributed by atoms with Crippen molar-refractivity contribution < 1.29 is 34.2 Å². The maximum absolute atomic E-state index is 12.0. The average Bonchev–Trinajstić information content (AvgIpc) is 2.96. The van der Waals surface area contributed by atoms with Crippen LogP contribution in [0.4, 0.5) is 0 Å². The van der Waals surface area contributed by atoms with Crippen molar-refractivity contribution in [3.05, 3.63) is 12.2 Å². The number of nitrogens with zero attached hydrogens (tertiary/aromatic N) is 1. The molecular formula is C35H65NO6. The van der Waals surface area contributed by atoms with Gasteiger partial charge in [-0.1, -0.05) is 104 Å². The molecule has 0 saturated carbocycles. The van der Waals surface area contributed by atoms with E-state index in [1.807, 2.05) is 13.8 Å². The Morgan fingerprint density at radius 3 is 1.29 bits per heavy atom. The van der Waals surface area contributed by atoms with Crippen molar-refractivity contribution in [2.45, 2.75) is 150 Å². The fourth-order valence-electron chi connectivity index (χ4n) is 6.08. The Labute approximate surface area is 257 Å². The highest BCUT2D eigenvalue weighted by molar-refractivity contribution is 5.70. The highest BCUT2D eigenvalue weighted by atomic mass is 16.4. The second kappa shape index (κ2) is 25.6. The number of hydrogen-bond donors (Lipinski definition) is 2. The summed E-state index contributed by atoms with van der Waals surface area (Å²) in [7, 11) is 0. The third-order valence-electron chi connectivity index (χ3n) is 8.98. The van der Waals surface area contributed by atoms with E-state index in [0.29, 0.717) is 25.8 Å². The number of carbonyl (C=O) groups is 3. The highest BCUT2D eigenvalue weighted by Crippen LogP contribution is 2.25. The lowest BCUT2D eigenvalue weighted by atomic mass is 9.95. The van der Waals surface area contributed by atoms with Crippen LogP contribution in [-0.2, 0) is 14.4 Å². The molecule has 7 nitrogen and oxygen atoms in total. The summed E-state index contributed by atoms with van der Waals surface area (Å²) in [6.07, 6.45) is 25.5. The summed E-state index contributed by atoms with van der Waals surface area (Å²) in [5.41, 5.74) is 0. The molecule has 0 aliphatic heterocycles. The van der Waals surface area contributed by atoms with E-state index in [9.17, 15) is 29.7 Å². The molecule has 246 valence electrons. The zero-order valence-electron chi connectivity index (χ0n) is 27.6. The number of carboxylic acid groups (broad SMARTS) is 3. The monoisotopic (exact) mass is 595 g/mol. The fourth-order valence-corrected chi connectivity index (χ4v) is 6.08.